The maximum atomic E-state index is 13.5. The van der Waals surface area contributed by atoms with Crippen molar-refractivity contribution in [2.24, 2.45) is 0 Å². The molecule has 10 heteroatoms. The third-order valence-electron chi connectivity index (χ3n) is 3.73. The molecule has 2 N–H and O–H groups in total. The van der Waals surface area contributed by atoms with Gasteiger partial charge < -0.3 is 10.4 Å². The fraction of sp³-hybridized carbons (Fsp3) is 0.0455. The number of anilines is 1. The Morgan fingerprint density at radius 3 is 2.09 bits per heavy atom. The number of alkyl halides is 3. The number of carbonyl (C=O) groups excluding carboxylic acids is 1. The van der Waals surface area contributed by atoms with Crippen molar-refractivity contribution in [3.05, 3.63) is 90.1 Å². The van der Waals surface area contributed by atoms with Crippen molar-refractivity contribution in [3.63, 3.8) is 0 Å². The molecule has 0 radical (unpaired) electrons. The predicted octanol–water partition coefficient (Wildman–Crippen LogP) is 5.31. The van der Waals surface area contributed by atoms with Gasteiger partial charge in [-0.15, -0.1) is 0 Å². The zero-order valence-electron chi connectivity index (χ0n) is 16.1. The van der Waals surface area contributed by atoms with Crippen molar-refractivity contribution >= 4 is 23.6 Å². The highest BCUT2D eigenvalue weighted by atomic mass is 19.4. The third kappa shape index (κ3) is 7.63. The van der Waals surface area contributed by atoms with E-state index in [2.05, 4.69) is 10.3 Å². The van der Waals surface area contributed by atoms with Gasteiger partial charge in [0.2, 0.25) is 5.91 Å². The number of benzene rings is 2. The molecule has 0 aliphatic carbocycles. The van der Waals surface area contributed by atoms with Gasteiger partial charge in [-0.05, 0) is 54.1 Å². The van der Waals surface area contributed by atoms with Crippen molar-refractivity contribution in [2.45, 2.75) is 6.18 Å². The van der Waals surface area contributed by atoms with Crippen molar-refractivity contribution in [1.29, 1.82) is 0 Å². The second-order valence-electron chi connectivity index (χ2n) is 6.09. The van der Waals surface area contributed by atoms with Crippen LogP contribution in [0.25, 0.3) is 17.3 Å². The lowest BCUT2D eigenvalue weighted by molar-refractivity contribution is -0.192. The van der Waals surface area contributed by atoms with E-state index in [1.54, 1.807) is 48.7 Å². The molecule has 0 spiro atoms. The fourth-order valence-electron chi connectivity index (χ4n) is 2.20. The van der Waals surface area contributed by atoms with Gasteiger partial charge in [-0.25, -0.2) is 13.6 Å². The number of carbonyl (C=O) groups is 2. The lowest BCUT2D eigenvalue weighted by atomic mass is 10.1. The van der Waals surface area contributed by atoms with Gasteiger partial charge in [0, 0.05) is 17.8 Å². The summed E-state index contributed by atoms with van der Waals surface area (Å²) in [6.45, 7) is 0. The van der Waals surface area contributed by atoms with Crippen LogP contribution in [0.15, 0.2) is 72.9 Å². The van der Waals surface area contributed by atoms with Crippen molar-refractivity contribution in [3.8, 4) is 11.3 Å². The second-order valence-corrected chi connectivity index (χ2v) is 6.09. The molecule has 0 aliphatic rings. The smallest absolute Gasteiger partial charge is 0.475 e. The van der Waals surface area contributed by atoms with E-state index in [-0.39, 0.29) is 11.5 Å². The highest BCUT2D eigenvalue weighted by Gasteiger charge is 2.38. The average molecular weight is 450 g/mol. The summed E-state index contributed by atoms with van der Waals surface area (Å²) < 4.78 is 58.1. The van der Waals surface area contributed by atoms with Crippen LogP contribution in [-0.2, 0) is 9.59 Å². The summed E-state index contributed by atoms with van der Waals surface area (Å²) in [4.78, 5) is 25.0. The molecule has 32 heavy (non-hydrogen) atoms. The van der Waals surface area contributed by atoms with Crippen LogP contribution >= 0.6 is 0 Å². The first-order chi connectivity index (χ1) is 15.1. The Morgan fingerprint density at radius 1 is 0.938 bits per heavy atom. The number of nitrogens with one attached hydrogen (secondary N) is 1. The molecule has 0 aliphatic heterocycles. The van der Waals surface area contributed by atoms with E-state index >= 15 is 0 Å². The normalized spacial score (nSPS) is 10.9. The number of carboxylic acids is 1. The molecule has 0 unspecified atom stereocenters. The number of carboxylic acid groups (broad SMARTS) is 1. The number of hydrogen-bond acceptors (Lipinski definition) is 3. The zero-order chi connectivity index (χ0) is 23.7. The first-order valence-electron chi connectivity index (χ1n) is 8.82. The molecule has 3 aromatic rings. The number of amides is 1. The first-order valence-corrected chi connectivity index (χ1v) is 8.82. The van der Waals surface area contributed by atoms with E-state index in [9.17, 15) is 26.7 Å². The van der Waals surface area contributed by atoms with Crippen LogP contribution in [0.1, 0.15) is 5.56 Å². The molecule has 0 bridgehead atoms. The molecular weight excluding hydrogens is 435 g/mol. The number of aliphatic carboxylic acids is 1. The summed E-state index contributed by atoms with van der Waals surface area (Å²) in [5.74, 6) is -3.99. The molecule has 3 rings (SSSR count). The van der Waals surface area contributed by atoms with Crippen molar-refractivity contribution < 1.29 is 36.6 Å². The number of rotatable bonds is 4. The molecular formula is C22H15F5N2O3. The SMILES string of the molecule is O=C(C=Cc1ccc(-c2ccc(F)cc2)nc1)Nc1ccccc1F.O=C(O)C(F)(F)F. The zero-order valence-corrected chi connectivity index (χ0v) is 16.1. The summed E-state index contributed by atoms with van der Waals surface area (Å²) in [7, 11) is 0. The topological polar surface area (TPSA) is 79.3 Å². The Labute approximate surface area is 178 Å². The minimum Gasteiger partial charge on any atom is -0.475 e. The average Bonchev–Trinajstić information content (AvgIpc) is 2.75. The van der Waals surface area contributed by atoms with Gasteiger partial charge in [-0.1, -0.05) is 18.2 Å². The van der Waals surface area contributed by atoms with Gasteiger partial charge in [0.25, 0.3) is 0 Å². The highest BCUT2D eigenvalue weighted by Crippen LogP contribution is 2.18. The third-order valence-corrected chi connectivity index (χ3v) is 3.73. The standard InChI is InChI=1S/C20H14F2N2O.C2HF3O2/c21-16-9-7-15(8-10-16)18-11-5-14(13-23-18)6-12-20(25)24-19-4-2-1-3-17(19)22;3-2(4,5)1(6)7/h1-13H,(H,24,25);(H,6,7). The second kappa shape index (κ2) is 10.8. The predicted molar refractivity (Wildman–Crippen MR) is 107 cm³/mol. The summed E-state index contributed by atoms with van der Waals surface area (Å²) >= 11 is 0. The molecule has 0 saturated heterocycles. The van der Waals surface area contributed by atoms with Crippen LogP contribution < -0.4 is 5.32 Å². The first kappa shape index (κ1) is 24.2. The molecule has 2 aromatic carbocycles. The van der Waals surface area contributed by atoms with E-state index in [0.29, 0.717) is 5.69 Å². The van der Waals surface area contributed by atoms with E-state index in [0.717, 1.165) is 11.1 Å². The molecule has 1 amide bonds. The van der Waals surface area contributed by atoms with E-state index in [1.807, 2.05) is 0 Å². The van der Waals surface area contributed by atoms with Crippen LogP contribution in [0.5, 0.6) is 0 Å². The van der Waals surface area contributed by atoms with Crippen LogP contribution in [0.2, 0.25) is 0 Å². The Balaban J connectivity index is 0.000000451. The fourth-order valence-corrected chi connectivity index (χ4v) is 2.20. The Kier molecular flexibility index (Phi) is 8.17. The molecule has 1 aromatic heterocycles. The van der Waals surface area contributed by atoms with Crippen molar-refractivity contribution in [2.75, 3.05) is 5.32 Å². The Bertz CT molecular complexity index is 1100. The highest BCUT2D eigenvalue weighted by molar-refractivity contribution is 6.01. The Morgan fingerprint density at radius 2 is 1.56 bits per heavy atom. The maximum Gasteiger partial charge on any atom is 0.490 e. The number of hydrogen-bond donors (Lipinski definition) is 2. The van der Waals surface area contributed by atoms with Crippen LogP contribution in [0.3, 0.4) is 0 Å². The number of pyridine rings is 1. The number of nitrogens with zero attached hydrogens (tertiary/aromatic N) is 1. The molecule has 0 fully saturated rings. The maximum absolute atomic E-state index is 13.5. The van der Waals surface area contributed by atoms with E-state index < -0.39 is 23.9 Å². The van der Waals surface area contributed by atoms with Crippen molar-refractivity contribution in [1.82, 2.24) is 4.98 Å². The number of aromatic nitrogens is 1. The largest absolute Gasteiger partial charge is 0.490 e. The monoisotopic (exact) mass is 450 g/mol. The van der Waals surface area contributed by atoms with Crippen LogP contribution in [-0.4, -0.2) is 28.1 Å². The lowest BCUT2D eigenvalue weighted by Gasteiger charge is -2.03. The molecule has 0 saturated carbocycles. The minimum absolute atomic E-state index is 0.127. The van der Waals surface area contributed by atoms with Gasteiger partial charge in [-0.3, -0.25) is 9.78 Å². The summed E-state index contributed by atoms with van der Waals surface area (Å²) in [6.07, 6.45) is -0.593. The quantitative estimate of drug-likeness (QED) is 0.417. The minimum atomic E-state index is -5.08. The number of para-hydroxylation sites is 1. The molecule has 5 nitrogen and oxygen atoms in total. The van der Waals surface area contributed by atoms with Gasteiger partial charge in [0.15, 0.2) is 0 Å². The van der Waals surface area contributed by atoms with E-state index in [1.165, 1.54) is 30.3 Å². The summed E-state index contributed by atoms with van der Waals surface area (Å²) in [6, 6.07) is 15.6. The van der Waals surface area contributed by atoms with Gasteiger partial charge in [0.1, 0.15) is 11.6 Å². The van der Waals surface area contributed by atoms with Gasteiger partial charge in [0.05, 0.1) is 11.4 Å². The van der Waals surface area contributed by atoms with Gasteiger partial charge in [-0.2, -0.15) is 13.2 Å². The lowest BCUT2D eigenvalue weighted by Crippen LogP contribution is -2.21. The summed E-state index contributed by atoms with van der Waals surface area (Å²) in [5.41, 5.74) is 2.35. The molecule has 166 valence electrons. The molecule has 1 heterocycles. The Hall–Kier alpha value is -4.08. The number of halogens is 5. The van der Waals surface area contributed by atoms with Crippen LogP contribution in [0.4, 0.5) is 27.6 Å². The van der Waals surface area contributed by atoms with E-state index in [4.69, 9.17) is 9.90 Å². The molecule has 0 atom stereocenters. The van der Waals surface area contributed by atoms with Gasteiger partial charge >= 0.3 is 12.1 Å². The summed E-state index contributed by atoms with van der Waals surface area (Å²) in [5, 5.41) is 9.59. The van der Waals surface area contributed by atoms with Crippen LogP contribution in [0, 0.1) is 11.6 Å².